The van der Waals surface area contributed by atoms with Crippen LogP contribution in [-0.2, 0) is 9.53 Å². The second kappa shape index (κ2) is 9.31. The quantitative estimate of drug-likeness (QED) is 0.474. The molecule has 2 rings (SSSR count). The van der Waals surface area contributed by atoms with Gasteiger partial charge in [-0.2, -0.15) is 5.26 Å². The van der Waals surface area contributed by atoms with Gasteiger partial charge in [0.05, 0.1) is 32.6 Å². The van der Waals surface area contributed by atoms with Gasteiger partial charge in [0, 0.05) is 43.1 Å². The number of hydrogen-bond donors (Lipinski definition) is 1. The van der Waals surface area contributed by atoms with Crippen LogP contribution in [0.15, 0.2) is 17.1 Å². The fraction of sp³-hybridized carbons (Fsp3) is 0.471. The lowest BCUT2D eigenvalue weighted by Crippen LogP contribution is -2.35. The summed E-state index contributed by atoms with van der Waals surface area (Å²) in [6.07, 6.45) is 1.41. The van der Waals surface area contributed by atoms with Crippen molar-refractivity contribution in [2.75, 3.05) is 34.4 Å². The molecule has 1 aliphatic rings. The van der Waals surface area contributed by atoms with E-state index in [1.807, 2.05) is 0 Å². The summed E-state index contributed by atoms with van der Waals surface area (Å²) in [5, 5.41) is 9.77. The Labute approximate surface area is 157 Å². The first kappa shape index (κ1) is 19.9. The highest BCUT2D eigenvalue weighted by atomic mass is 32.2. The van der Waals surface area contributed by atoms with Crippen LogP contribution < -0.4 is 15.2 Å². The molecule has 0 bridgehead atoms. The lowest BCUT2D eigenvalue weighted by molar-refractivity contribution is -0.122. The van der Waals surface area contributed by atoms with Gasteiger partial charge in [0.1, 0.15) is 6.07 Å². The molecule has 26 heavy (non-hydrogen) atoms. The Morgan fingerprint density at radius 3 is 2.38 bits per heavy atom. The summed E-state index contributed by atoms with van der Waals surface area (Å²) >= 11 is 1.34. The first-order valence-electron chi connectivity index (χ1n) is 8.03. The number of benzene rings is 1. The normalized spacial score (nSPS) is 16.0. The van der Waals surface area contributed by atoms with E-state index in [9.17, 15) is 10.1 Å². The molecule has 9 heteroatoms. The molecule has 1 fully saturated rings. The molecule has 1 aromatic rings. The van der Waals surface area contributed by atoms with Crippen LogP contribution in [0.4, 0.5) is 5.69 Å². The van der Waals surface area contributed by atoms with E-state index in [2.05, 4.69) is 15.4 Å². The van der Waals surface area contributed by atoms with E-state index in [-0.39, 0.29) is 11.8 Å². The zero-order valence-corrected chi connectivity index (χ0v) is 15.8. The molecule has 1 aliphatic heterocycles. The second-order valence-electron chi connectivity index (χ2n) is 5.61. The highest BCUT2D eigenvalue weighted by Gasteiger charge is 2.25. The Balaban J connectivity index is 2.18. The van der Waals surface area contributed by atoms with Crippen LogP contribution in [0.2, 0.25) is 0 Å². The van der Waals surface area contributed by atoms with Gasteiger partial charge in [-0.1, -0.05) is 0 Å². The third-order valence-electron chi connectivity index (χ3n) is 4.07. The topological polar surface area (TPSA) is 110 Å². The van der Waals surface area contributed by atoms with E-state index in [0.29, 0.717) is 53.9 Å². The number of rotatable bonds is 5. The standard InChI is InChI=1S/C17H22N4O4S/c1-23-14-8-12(10-18)13(9-15(14)24-2)20-17(25-3)26-21-6-4-11(5-7-21)16(19)22/h8-9,11H,4-7H2,1-3H3,(H2,19,22). The van der Waals surface area contributed by atoms with E-state index >= 15 is 0 Å². The van der Waals surface area contributed by atoms with Crippen LogP contribution in [0.3, 0.4) is 0 Å². The maximum Gasteiger partial charge on any atom is 0.266 e. The molecule has 0 atom stereocenters. The molecular weight excluding hydrogens is 356 g/mol. The number of hydrogen-bond acceptors (Lipinski definition) is 8. The monoisotopic (exact) mass is 378 g/mol. The van der Waals surface area contributed by atoms with Crippen LogP contribution in [0.1, 0.15) is 18.4 Å². The maximum absolute atomic E-state index is 11.3. The van der Waals surface area contributed by atoms with Crippen molar-refractivity contribution in [2.45, 2.75) is 12.8 Å². The summed E-state index contributed by atoms with van der Waals surface area (Å²) in [7, 11) is 4.55. The first-order valence-corrected chi connectivity index (χ1v) is 8.80. The minimum atomic E-state index is -0.251. The van der Waals surface area contributed by atoms with Crippen molar-refractivity contribution in [1.29, 1.82) is 5.26 Å². The van der Waals surface area contributed by atoms with Crippen molar-refractivity contribution >= 4 is 28.8 Å². The average Bonchev–Trinajstić information content (AvgIpc) is 2.67. The van der Waals surface area contributed by atoms with Crippen molar-refractivity contribution in [3.63, 3.8) is 0 Å². The number of ether oxygens (including phenoxy) is 3. The average molecular weight is 378 g/mol. The number of primary amides is 1. The van der Waals surface area contributed by atoms with Crippen molar-refractivity contribution in [1.82, 2.24) is 4.31 Å². The molecule has 2 N–H and O–H groups in total. The lowest BCUT2D eigenvalue weighted by atomic mass is 9.98. The van der Waals surface area contributed by atoms with E-state index < -0.39 is 0 Å². The highest BCUT2D eigenvalue weighted by molar-refractivity contribution is 8.11. The number of nitrogens with zero attached hydrogens (tertiary/aromatic N) is 3. The Morgan fingerprint density at radius 2 is 1.88 bits per heavy atom. The summed E-state index contributed by atoms with van der Waals surface area (Å²) in [6, 6.07) is 5.31. The second-order valence-corrected chi connectivity index (χ2v) is 6.66. The number of amides is 1. The number of aliphatic imine (C=N–C) groups is 1. The lowest BCUT2D eigenvalue weighted by Gasteiger charge is -2.28. The number of nitriles is 1. The van der Waals surface area contributed by atoms with E-state index in [4.69, 9.17) is 19.9 Å². The fourth-order valence-electron chi connectivity index (χ4n) is 2.59. The first-order chi connectivity index (χ1) is 12.5. The Morgan fingerprint density at radius 1 is 1.27 bits per heavy atom. The van der Waals surface area contributed by atoms with Gasteiger partial charge in [0.2, 0.25) is 5.91 Å². The van der Waals surface area contributed by atoms with Crippen LogP contribution in [0.5, 0.6) is 11.5 Å². The zero-order chi connectivity index (χ0) is 19.1. The smallest absolute Gasteiger partial charge is 0.266 e. The van der Waals surface area contributed by atoms with E-state index in [0.717, 1.165) is 0 Å². The Kier molecular flexibility index (Phi) is 7.12. The predicted octanol–water partition coefficient (Wildman–Crippen LogP) is 2.05. The van der Waals surface area contributed by atoms with Gasteiger partial charge in [-0.3, -0.25) is 4.79 Å². The van der Waals surface area contributed by atoms with Gasteiger partial charge in [-0.25, -0.2) is 9.30 Å². The van der Waals surface area contributed by atoms with Crippen LogP contribution in [0.25, 0.3) is 0 Å². The van der Waals surface area contributed by atoms with Crippen molar-refractivity contribution in [3.8, 4) is 17.6 Å². The molecule has 0 unspecified atom stereocenters. The molecule has 8 nitrogen and oxygen atoms in total. The number of carbonyl (C=O) groups is 1. The largest absolute Gasteiger partial charge is 0.493 e. The molecule has 1 aromatic carbocycles. The summed E-state index contributed by atoms with van der Waals surface area (Å²) in [6.45, 7) is 1.41. The Hall–Kier alpha value is -2.44. The number of carbonyl (C=O) groups excluding carboxylic acids is 1. The molecule has 0 radical (unpaired) electrons. The Bertz CT molecular complexity index is 724. The molecule has 0 aromatic heterocycles. The molecular formula is C17H22N4O4S. The molecule has 1 amide bonds. The van der Waals surface area contributed by atoms with Crippen LogP contribution in [0, 0.1) is 17.2 Å². The fourth-order valence-corrected chi connectivity index (χ4v) is 3.42. The van der Waals surface area contributed by atoms with Gasteiger partial charge in [0.25, 0.3) is 5.23 Å². The SMILES string of the molecule is COC(=Nc1cc(OC)c(OC)cc1C#N)SN1CCC(C(N)=O)CC1. The summed E-state index contributed by atoms with van der Waals surface area (Å²) < 4.78 is 17.9. The number of nitrogens with two attached hydrogens (primary N) is 1. The third-order valence-corrected chi connectivity index (χ3v) is 5.11. The third kappa shape index (κ3) is 4.80. The summed E-state index contributed by atoms with van der Waals surface area (Å²) in [5.41, 5.74) is 6.14. The van der Waals surface area contributed by atoms with Crippen molar-refractivity contribution < 1.29 is 19.0 Å². The van der Waals surface area contributed by atoms with Crippen LogP contribution in [-0.4, -0.2) is 49.9 Å². The maximum atomic E-state index is 11.3. The highest BCUT2D eigenvalue weighted by Crippen LogP contribution is 2.35. The van der Waals surface area contributed by atoms with Crippen molar-refractivity contribution in [3.05, 3.63) is 17.7 Å². The van der Waals surface area contributed by atoms with Gasteiger partial charge >= 0.3 is 0 Å². The van der Waals surface area contributed by atoms with E-state index in [1.165, 1.54) is 33.3 Å². The summed E-state index contributed by atoms with van der Waals surface area (Å²) in [5.74, 6) is 0.612. The van der Waals surface area contributed by atoms with Gasteiger partial charge in [0.15, 0.2) is 11.5 Å². The minimum absolute atomic E-state index is 0.0779. The van der Waals surface area contributed by atoms with Gasteiger partial charge < -0.3 is 19.9 Å². The van der Waals surface area contributed by atoms with Gasteiger partial charge in [-0.05, 0) is 12.8 Å². The number of methoxy groups -OCH3 is 3. The molecule has 1 heterocycles. The minimum Gasteiger partial charge on any atom is -0.493 e. The molecule has 140 valence electrons. The van der Waals surface area contributed by atoms with Crippen LogP contribution >= 0.6 is 11.9 Å². The molecule has 0 saturated carbocycles. The molecule has 0 spiro atoms. The molecule has 0 aliphatic carbocycles. The zero-order valence-electron chi connectivity index (χ0n) is 15.0. The van der Waals surface area contributed by atoms with Crippen molar-refractivity contribution in [2.24, 2.45) is 16.6 Å². The van der Waals surface area contributed by atoms with Gasteiger partial charge in [-0.15, -0.1) is 0 Å². The summed E-state index contributed by atoms with van der Waals surface area (Å²) in [4.78, 5) is 15.7. The van der Waals surface area contributed by atoms with E-state index in [1.54, 1.807) is 12.1 Å². The molecule has 1 saturated heterocycles. The number of piperidine rings is 1. The predicted molar refractivity (Wildman–Crippen MR) is 99.4 cm³/mol.